The highest BCUT2D eigenvalue weighted by molar-refractivity contribution is 5.94. The van der Waals surface area contributed by atoms with E-state index in [0.29, 0.717) is 6.42 Å². The molecule has 0 heterocycles. The first-order valence-electron chi connectivity index (χ1n) is 9.40. The number of carbonyl (C=O) groups is 4. The third-order valence-corrected chi connectivity index (χ3v) is 4.60. The molecule has 0 fully saturated rings. The number of carboxylic acids is 1. The molecule has 0 spiro atoms. The highest BCUT2D eigenvalue weighted by Crippen LogP contribution is 2.06. The topological polar surface area (TPSA) is 171 Å². The number of carbonyl (C=O) groups excluding carboxylic acids is 3. The van der Waals surface area contributed by atoms with Crippen LogP contribution in [0.1, 0.15) is 48.0 Å². The van der Waals surface area contributed by atoms with Gasteiger partial charge in [0.2, 0.25) is 17.7 Å². The van der Waals surface area contributed by atoms with Gasteiger partial charge in [-0.25, -0.2) is 4.79 Å². The molecule has 0 rings (SSSR count). The standard InChI is InChI=1S/C18H34N4O6/c1-7-9(4)12(19)16(25)20-10(5)15(24)22-14(11(6)23)17(26)21-13(8(2)3)18(27)28/h8-14,23H,7,19H2,1-6H3,(H,20,25)(H,21,26)(H,22,24)(H,27,28). The van der Waals surface area contributed by atoms with E-state index in [9.17, 15) is 29.4 Å². The van der Waals surface area contributed by atoms with Gasteiger partial charge in [-0.3, -0.25) is 14.4 Å². The van der Waals surface area contributed by atoms with Crippen molar-refractivity contribution in [2.45, 2.75) is 78.2 Å². The van der Waals surface area contributed by atoms with Crippen molar-refractivity contribution in [2.24, 2.45) is 17.6 Å². The van der Waals surface area contributed by atoms with Crippen LogP contribution in [0.3, 0.4) is 0 Å². The normalized spacial score (nSPS) is 17.6. The van der Waals surface area contributed by atoms with E-state index in [1.165, 1.54) is 13.8 Å². The van der Waals surface area contributed by atoms with Crippen molar-refractivity contribution in [3.05, 3.63) is 0 Å². The molecule has 10 nitrogen and oxygen atoms in total. The Labute approximate surface area is 165 Å². The van der Waals surface area contributed by atoms with E-state index >= 15 is 0 Å². The Kier molecular flexibility index (Phi) is 10.7. The van der Waals surface area contributed by atoms with Gasteiger partial charge < -0.3 is 31.9 Å². The Morgan fingerprint density at radius 1 is 0.857 bits per heavy atom. The zero-order valence-electron chi connectivity index (χ0n) is 17.4. The van der Waals surface area contributed by atoms with Gasteiger partial charge in [0.1, 0.15) is 18.1 Å². The number of carboxylic acid groups (broad SMARTS) is 1. The van der Waals surface area contributed by atoms with Crippen LogP contribution in [0.5, 0.6) is 0 Å². The lowest BCUT2D eigenvalue weighted by molar-refractivity contribution is -0.144. The second-order valence-corrected chi connectivity index (χ2v) is 7.44. The molecule has 0 saturated carbocycles. The van der Waals surface area contributed by atoms with Gasteiger partial charge in [0.25, 0.3) is 0 Å². The van der Waals surface area contributed by atoms with E-state index < -0.39 is 59.9 Å². The smallest absolute Gasteiger partial charge is 0.326 e. The maximum atomic E-state index is 12.4. The van der Waals surface area contributed by atoms with Crippen molar-refractivity contribution in [1.29, 1.82) is 0 Å². The first kappa shape index (κ1) is 25.8. The SMILES string of the molecule is CCC(C)C(N)C(=O)NC(C)C(=O)NC(C(=O)NC(C(=O)O)C(C)C)C(C)O. The second kappa shape index (κ2) is 11.6. The van der Waals surface area contributed by atoms with Gasteiger partial charge >= 0.3 is 5.97 Å². The summed E-state index contributed by atoms with van der Waals surface area (Å²) in [7, 11) is 0. The van der Waals surface area contributed by atoms with E-state index in [1.807, 2.05) is 13.8 Å². The number of nitrogens with two attached hydrogens (primary N) is 1. The van der Waals surface area contributed by atoms with E-state index in [1.54, 1.807) is 13.8 Å². The fourth-order valence-corrected chi connectivity index (χ4v) is 2.33. The zero-order valence-corrected chi connectivity index (χ0v) is 17.4. The number of nitrogens with one attached hydrogen (secondary N) is 3. The summed E-state index contributed by atoms with van der Waals surface area (Å²) in [5.41, 5.74) is 5.83. The number of hydrogen-bond acceptors (Lipinski definition) is 6. The van der Waals surface area contributed by atoms with E-state index in [4.69, 9.17) is 5.73 Å². The van der Waals surface area contributed by atoms with Crippen molar-refractivity contribution >= 4 is 23.7 Å². The Morgan fingerprint density at radius 3 is 1.75 bits per heavy atom. The fraction of sp³-hybridized carbons (Fsp3) is 0.778. The number of aliphatic hydroxyl groups is 1. The first-order valence-corrected chi connectivity index (χ1v) is 9.40. The zero-order chi connectivity index (χ0) is 22.2. The highest BCUT2D eigenvalue weighted by Gasteiger charge is 2.32. The predicted molar refractivity (Wildman–Crippen MR) is 103 cm³/mol. The molecule has 10 heteroatoms. The molecular weight excluding hydrogens is 368 g/mol. The molecule has 0 saturated heterocycles. The summed E-state index contributed by atoms with van der Waals surface area (Å²) < 4.78 is 0. The Balaban J connectivity index is 5.04. The maximum absolute atomic E-state index is 12.4. The van der Waals surface area contributed by atoms with Gasteiger partial charge in [-0.05, 0) is 25.7 Å². The summed E-state index contributed by atoms with van der Waals surface area (Å²) in [5, 5.41) is 26.1. The quantitative estimate of drug-likeness (QED) is 0.256. The molecule has 7 N–H and O–H groups in total. The number of hydrogen-bond donors (Lipinski definition) is 6. The largest absolute Gasteiger partial charge is 0.480 e. The summed E-state index contributed by atoms with van der Waals surface area (Å²) in [6.07, 6.45) is -0.587. The van der Waals surface area contributed by atoms with Crippen molar-refractivity contribution in [2.75, 3.05) is 0 Å². The van der Waals surface area contributed by atoms with Gasteiger partial charge in [0.15, 0.2) is 0 Å². The van der Waals surface area contributed by atoms with Crippen LogP contribution in [-0.4, -0.2) is 64.2 Å². The molecule has 162 valence electrons. The molecular formula is C18H34N4O6. The molecule has 0 radical (unpaired) electrons. The van der Waals surface area contributed by atoms with Crippen LogP contribution in [0.2, 0.25) is 0 Å². The average molecular weight is 402 g/mol. The number of rotatable bonds is 11. The molecule has 0 aromatic carbocycles. The molecule has 0 bridgehead atoms. The van der Waals surface area contributed by atoms with Gasteiger partial charge in [0, 0.05) is 0 Å². The predicted octanol–water partition coefficient (Wildman–Crippen LogP) is -1.04. The van der Waals surface area contributed by atoms with Crippen molar-refractivity contribution in [1.82, 2.24) is 16.0 Å². The van der Waals surface area contributed by atoms with E-state index in [0.717, 1.165) is 0 Å². The maximum Gasteiger partial charge on any atom is 0.326 e. The third-order valence-electron chi connectivity index (χ3n) is 4.60. The van der Waals surface area contributed by atoms with E-state index in [2.05, 4.69) is 16.0 Å². The van der Waals surface area contributed by atoms with Gasteiger partial charge in [-0.15, -0.1) is 0 Å². The van der Waals surface area contributed by atoms with Gasteiger partial charge in [-0.1, -0.05) is 34.1 Å². The van der Waals surface area contributed by atoms with Crippen molar-refractivity contribution in [3.8, 4) is 0 Å². The molecule has 0 aromatic rings. The molecule has 6 unspecified atom stereocenters. The Hall–Kier alpha value is -2.20. The number of amides is 3. The van der Waals surface area contributed by atoms with Crippen molar-refractivity contribution < 1.29 is 29.4 Å². The molecule has 0 aromatic heterocycles. The summed E-state index contributed by atoms with van der Waals surface area (Å²) in [5.74, 6) is -3.73. The Bertz CT molecular complexity index is 566. The molecule has 3 amide bonds. The molecule has 6 atom stereocenters. The molecule has 0 aliphatic carbocycles. The van der Waals surface area contributed by atoms with Crippen LogP contribution in [0.15, 0.2) is 0 Å². The van der Waals surface area contributed by atoms with Crippen LogP contribution in [-0.2, 0) is 19.2 Å². The van der Waals surface area contributed by atoms with E-state index in [-0.39, 0.29) is 5.92 Å². The first-order chi connectivity index (χ1) is 12.8. The second-order valence-electron chi connectivity index (χ2n) is 7.44. The lowest BCUT2D eigenvalue weighted by Crippen LogP contribution is -2.60. The lowest BCUT2D eigenvalue weighted by Gasteiger charge is -2.26. The monoisotopic (exact) mass is 402 g/mol. The molecule has 0 aliphatic rings. The summed E-state index contributed by atoms with van der Waals surface area (Å²) in [6, 6.07) is -4.33. The molecule has 0 aliphatic heterocycles. The van der Waals surface area contributed by atoms with Crippen LogP contribution < -0.4 is 21.7 Å². The number of aliphatic carboxylic acids is 1. The summed E-state index contributed by atoms with van der Waals surface area (Å²) in [6.45, 7) is 9.65. The van der Waals surface area contributed by atoms with Crippen LogP contribution in [0, 0.1) is 11.8 Å². The fourth-order valence-electron chi connectivity index (χ4n) is 2.33. The highest BCUT2D eigenvalue weighted by atomic mass is 16.4. The third kappa shape index (κ3) is 7.81. The minimum absolute atomic E-state index is 0.0739. The average Bonchev–Trinajstić information content (AvgIpc) is 2.61. The van der Waals surface area contributed by atoms with Crippen molar-refractivity contribution in [3.63, 3.8) is 0 Å². The minimum Gasteiger partial charge on any atom is -0.480 e. The number of aliphatic hydroxyl groups excluding tert-OH is 1. The van der Waals surface area contributed by atoms with Crippen LogP contribution >= 0.6 is 0 Å². The Morgan fingerprint density at radius 2 is 1.36 bits per heavy atom. The van der Waals surface area contributed by atoms with Gasteiger partial charge in [0.05, 0.1) is 12.1 Å². The molecule has 28 heavy (non-hydrogen) atoms. The lowest BCUT2D eigenvalue weighted by atomic mass is 9.99. The van der Waals surface area contributed by atoms with Crippen LogP contribution in [0.25, 0.3) is 0 Å². The summed E-state index contributed by atoms with van der Waals surface area (Å²) >= 11 is 0. The van der Waals surface area contributed by atoms with Crippen LogP contribution in [0.4, 0.5) is 0 Å². The van der Waals surface area contributed by atoms with Gasteiger partial charge in [-0.2, -0.15) is 0 Å². The summed E-state index contributed by atoms with van der Waals surface area (Å²) in [4.78, 5) is 48.0. The minimum atomic E-state index is -1.38.